The summed E-state index contributed by atoms with van der Waals surface area (Å²) < 4.78 is 22.9. The van der Waals surface area contributed by atoms with Gasteiger partial charge in [-0.05, 0) is 26.8 Å². The SMILES string of the molecule is CCOc1ccccc1CS(=O)C(C)C(=O)Nc1cc(C)on1. The molecular weight excluding hydrogens is 316 g/mol. The highest BCUT2D eigenvalue weighted by Crippen LogP contribution is 2.21. The number of hydrogen-bond acceptors (Lipinski definition) is 5. The highest BCUT2D eigenvalue weighted by molar-refractivity contribution is 7.85. The van der Waals surface area contributed by atoms with Crippen molar-refractivity contribution in [1.29, 1.82) is 0 Å². The number of aryl methyl sites for hydroxylation is 1. The van der Waals surface area contributed by atoms with Gasteiger partial charge in [0.15, 0.2) is 5.82 Å². The molecule has 0 bridgehead atoms. The summed E-state index contributed by atoms with van der Waals surface area (Å²) in [7, 11) is -1.38. The Morgan fingerprint density at radius 2 is 2.17 bits per heavy atom. The van der Waals surface area contributed by atoms with Gasteiger partial charge in [0.2, 0.25) is 5.91 Å². The summed E-state index contributed by atoms with van der Waals surface area (Å²) >= 11 is 0. The molecule has 23 heavy (non-hydrogen) atoms. The molecule has 0 spiro atoms. The lowest BCUT2D eigenvalue weighted by molar-refractivity contribution is -0.115. The summed E-state index contributed by atoms with van der Waals surface area (Å²) in [5, 5.41) is 5.62. The Balaban J connectivity index is 2.01. The van der Waals surface area contributed by atoms with E-state index in [-0.39, 0.29) is 11.7 Å². The first-order valence-electron chi connectivity index (χ1n) is 7.33. The molecule has 2 rings (SSSR count). The van der Waals surface area contributed by atoms with Gasteiger partial charge in [-0.15, -0.1) is 0 Å². The fourth-order valence-corrected chi connectivity index (χ4v) is 3.06. The number of nitrogens with one attached hydrogen (secondary N) is 1. The van der Waals surface area contributed by atoms with Crippen molar-refractivity contribution in [3.05, 3.63) is 41.7 Å². The van der Waals surface area contributed by atoms with E-state index in [1.165, 1.54) is 0 Å². The number of para-hydroxylation sites is 1. The van der Waals surface area contributed by atoms with Crippen LogP contribution in [-0.4, -0.2) is 27.1 Å². The molecule has 0 saturated carbocycles. The van der Waals surface area contributed by atoms with Crippen LogP contribution < -0.4 is 10.1 Å². The molecule has 1 aromatic heterocycles. The first kappa shape index (κ1) is 17.2. The third-order valence-corrected chi connectivity index (χ3v) is 4.81. The molecule has 0 saturated heterocycles. The minimum Gasteiger partial charge on any atom is -0.494 e. The second-order valence-corrected chi connectivity index (χ2v) is 6.78. The third kappa shape index (κ3) is 4.66. The average molecular weight is 336 g/mol. The Hall–Kier alpha value is -2.15. The molecular formula is C16H20N2O4S. The molecule has 124 valence electrons. The van der Waals surface area contributed by atoms with Crippen molar-refractivity contribution in [3.8, 4) is 5.75 Å². The van der Waals surface area contributed by atoms with Gasteiger partial charge in [-0.25, -0.2) is 0 Å². The van der Waals surface area contributed by atoms with Crippen LogP contribution in [0.2, 0.25) is 0 Å². The van der Waals surface area contributed by atoms with E-state index in [0.29, 0.717) is 23.9 Å². The van der Waals surface area contributed by atoms with E-state index in [2.05, 4.69) is 10.5 Å². The topological polar surface area (TPSA) is 81.4 Å². The van der Waals surface area contributed by atoms with Crippen LogP contribution in [0.4, 0.5) is 5.82 Å². The molecule has 0 aliphatic rings. The molecule has 2 unspecified atom stereocenters. The first-order valence-corrected chi connectivity index (χ1v) is 8.71. The van der Waals surface area contributed by atoms with Gasteiger partial charge in [-0.3, -0.25) is 9.00 Å². The number of ether oxygens (including phenoxy) is 1. The summed E-state index contributed by atoms with van der Waals surface area (Å²) in [4.78, 5) is 12.1. The van der Waals surface area contributed by atoms with E-state index in [0.717, 1.165) is 5.56 Å². The molecule has 1 amide bonds. The van der Waals surface area contributed by atoms with Crippen LogP contribution >= 0.6 is 0 Å². The Bertz CT molecular complexity index is 699. The van der Waals surface area contributed by atoms with Gasteiger partial charge >= 0.3 is 0 Å². The maximum Gasteiger partial charge on any atom is 0.241 e. The van der Waals surface area contributed by atoms with E-state index >= 15 is 0 Å². The van der Waals surface area contributed by atoms with Crippen LogP contribution in [0.15, 0.2) is 34.9 Å². The molecule has 2 aromatic rings. The van der Waals surface area contributed by atoms with Gasteiger partial charge < -0.3 is 14.6 Å². The van der Waals surface area contributed by atoms with Gasteiger partial charge in [0.1, 0.15) is 16.8 Å². The van der Waals surface area contributed by atoms with Crippen LogP contribution in [0.3, 0.4) is 0 Å². The molecule has 1 aromatic carbocycles. The Morgan fingerprint density at radius 1 is 1.43 bits per heavy atom. The molecule has 7 heteroatoms. The maximum absolute atomic E-state index is 12.5. The average Bonchev–Trinajstić information content (AvgIpc) is 2.93. The standard InChI is InChI=1S/C16H20N2O4S/c1-4-21-14-8-6-5-7-13(14)10-23(20)12(3)16(19)17-15-9-11(2)22-18-15/h5-9,12H,4,10H2,1-3H3,(H,17,18,19). The minimum atomic E-state index is -1.38. The lowest BCUT2D eigenvalue weighted by Crippen LogP contribution is -2.30. The number of carbonyl (C=O) groups is 1. The lowest BCUT2D eigenvalue weighted by Gasteiger charge is -2.13. The van der Waals surface area contributed by atoms with Crippen molar-refractivity contribution >= 4 is 22.5 Å². The summed E-state index contributed by atoms with van der Waals surface area (Å²) in [5.41, 5.74) is 0.824. The lowest BCUT2D eigenvalue weighted by atomic mass is 10.2. The number of rotatable bonds is 7. The molecule has 0 aliphatic carbocycles. The quantitative estimate of drug-likeness (QED) is 0.840. The second-order valence-electron chi connectivity index (χ2n) is 5.02. The van der Waals surface area contributed by atoms with Crippen molar-refractivity contribution in [2.45, 2.75) is 31.8 Å². The first-order chi connectivity index (χ1) is 11.0. The van der Waals surface area contributed by atoms with Crippen molar-refractivity contribution < 1.29 is 18.3 Å². The van der Waals surface area contributed by atoms with Crippen molar-refractivity contribution in [2.75, 3.05) is 11.9 Å². The van der Waals surface area contributed by atoms with E-state index in [9.17, 15) is 9.00 Å². The largest absolute Gasteiger partial charge is 0.494 e. The van der Waals surface area contributed by atoms with Crippen molar-refractivity contribution in [2.24, 2.45) is 0 Å². The van der Waals surface area contributed by atoms with E-state index < -0.39 is 16.0 Å². The zero-order chi connectivity index (χ0) is 16.8. The fourth-order valence-electron chi connectivity index (χ4n) is 1.97. The van der Waals surface area contributed by atoms with Crippen LogP contribution in [0.25, 0.3) is 0 Å². The molecule has 0 fully saturated rings. The molecule has 2 atom stereocenters. The van der Waals surface area contributed by atoms with Crippen LogP contribution in [0.1, 0.15) is 25.2 Å². The summed E-state index contributed by atoms with van der Waals surface area (Å²) in [6.45, 7) is 5.78. The highest BCUT2D eigenvalue weighted by atomic mass is 32.2. The van der Waals surface area contributed by atoms with Crippen molar-refractivity contribution in [3.63, 3.8) is 0 Å². The summed E-state index contributed by atoms with van der Waals surface area (Å²) in [5.74, 6) is 1.52. The summed E-state index contributed by atoms with van der Waals surface area (Å²) in [6.07, 6.45) is 0. The number of anilines is 1. The van der Waals surface area contributed by atoms with E-state index in [1.807, 2.05) is 31.2 Å². The fraction of sp³-hybridized carbons (Fsp3) is 0.375. The van der Waals surface area contributed by atoms with Gasteiger partial charge in [0, 0.05) is 22.4 Å². The number of nitrogens with zero attached hydrogens (tertiary/aromatic N) is 1. The van der Waals surface area contributed by atoms with Crippen molar-refractivity contribution in [1.82, 2.24) is 5.16 Å². The van der Waals surface area contributed by atoms with Gasteiger partial charge in [-0.2, -0.15) is 0 Å². The molecule has 6 nitrogen and oxygen atoms in total. The monoisotopic (exact) mass is 336 g/mol. The zero-order valence-corrected chi connectivity index (χ0v) is 14.2. The smallest absolute Gasteiger partial charge is 0.241 e. The van der Waals surface area contributed by atoms with Crippen LogP contribution in [0, 0.1) is 6.92 Å². The number of benzene rings is 1. The van der Waals surface area contributed by atoms with Gasteiger partial charge in [0.05, 0.1) is 12.4 Å². The Kier molecular flexibility index (Phi) is 5.92. The van der Waals surface area contributed by atoms with E-state index in [4.69, 9.17) is 9.26 Å². The Morgan fingerprint density at radius 3 is 2.83 bits per heavy atom. The second kappa shape index (κ2) is 7.92. The van der Waals surface area contributed by atoms with Crippen LogP contribution in [0.5, 0.6) is 5.75 Å². The summed E-state index contributed by atoms with van der Waals surface area (Å²) in [6, 6.07) is 9.02. The van der Waals surface area contributed by atoms with Gasteiger partial charge in [0.25, 0.3) is 0 Å². The maximum atomic E-state index is 12.5. The zero-order valence-electron chi connectivity index (χ0n) is 13.4. The predicted octanol–water partition coefficient (Wildman–Crippen LogP) is 2.66. The van der Waals surface area contributed by atoms with E-state index in [1.54, 1.807) is 19.9 Å². The Labute approximate surface area is 137 Å². The molecule has 1 N–H and O–H groups in total. The van der Waals surface area contributed by atoms with Gasteiger partial charge in [-0.1, -0.05) is 23.4 Å². The number of hydrogen-bond donors (Lipinski definition) is 1. The molecule has 0 radical (unpaired) electrons. The number of aromatic nitrogens is 1. The molecule has 1 heterocycles. The number of carbonyl (C=O) groups excluding carboxylic acids is 1. The normalized spacial score (nSPS) is 13.3. The number of amides is 1. The minimum absolute atomic E-state index is 0.253. The highest BCUT2D eigenvalue weighted by Gasteiger charge is 2.22. The molecule has 0 aliphatic heterocycles. The third-order valence-electron chi connectivity index (χ3n) is 3.21. The van der Waals surface area contributed by atoms with Crippen LogP contribution in [-0.2, 0) is 21.3 Å². The predicted molar refractivity (Wildman–Crippen MR) is 88.8 cm³/mol.